The van der Waals surface area contributed by atoms with Gasteiger partial charge in [0.15, 0.2) is 0 Å². The number of aliphatic hydroxyl groups excluding tert-OH is 1. The summed E-state index contributed by atoms with van der Waals surface area (Å²) in [7, 11) is 0. The zero-order chi connectivity index (χ0) is 8.81. The third-order valence-electron chi connectivity index (χ3n) is 2.31. The predicted octanol–water partition coefficient (Wildman–Crippen LogP) is 1.24. The van der Waals surface area contributed by atoms with Crippen LogP contribution >= 0.6 is 11.8 Å². The molecule has 0 aromatic rings. The Morgan fingerprint density at radius 2 is 2.50 bits per heavy atom. The highest BCUT2D eigenvalue weighted by molar-refractivity contribution is 7.99. The molecule has 2 unspecified atom stereocenters. The van der Waals surface area contributed by atoms with Crippen LogP contribution in [0.1, 0.15) is 26.2 Å². The molecule has 0 aliphatic carbocycles. The maximum Gasteiger partial charge on any atom is 0.0549 e. The van der Waals surface area contributed by atoms with E-state index in [9.17, 15) is 5.11 Å². The Morgan fingerprint density at radius 1 is 1.67 bits per heavy atom. The fourth-order valence-corrected chi connectivity index (χ4v) is 2.54. The van der Waals surface area contributed by atoms with Crippen LogP contribution in [-0.2, 0) is 0 Å². The Hall–Kier alpha value is 0.270. The van der Waals surface area contributed by atoms with Crippen LogP contribution in [0, 0.1) is 0 Å². The van der Waals surface area contributed by atoms with Crippen LogP contribution in [0.3, 0.4) is 0 Å². The molecule has 1 heterocycles. The molecule has 1 fully saturated rings. The van der Waals surface area contributed by atoms with E-state index in [1.807, 2.05) is 18.7 Å². The third-order valence-corrected chi connectivity index (χ3v) is 3.47. The maximum absolute atomic E-state index is 9.29. The first-order valence-electron chi connectivity index (χ1n) is 4.82. The molecule has 0 aromatic heterocycles. The third kappa shape index (κ3) is 3.78. The fraction of sp³-hybridized carbons (Fsp3) is 1.00. The molecule has 0 saturated carbocycles. The Kier molecular flexibility index (Phi) is 5.04. The number of hydrogen-bond donors (Lipinski definition) is 2. The van der Waals surface area contributed by atoms with E-state index in [1.165, 1.54) is 17.9 Å². The molecule has 72 valence electrons. The van der Waals surface area contributed by atoms with Crippen molar-refractivity contribution >= 4 is 11.8 Å². The van der Waals surface area contributed by atoms with Crippen LogP contribution in [0.15, 0.2) is 0 Å². The molecule has 12 heavy (non-hydrogen) atoms. The maximum atomic E-state index is 9.29. The summed E-state index contributed by atoms with van der Waals surface area (Å²) in [4.78, 5) is 0. The van der Waals surface area contributed by atoms with Crippen LogP contribution in [0.5, 0.6) is 0 Å². The van der Waals surface area contributed by atoms with E-state index in [0.717, 1.165) is 19.4 Å². The fourth-order valence-electron chi connectivity index (χ4n) is 1.35. The van der Waals surface area contributed by atoms with E-state index in [1.54, 1.807) is 0 Å². The van der Waals surface area contributed by atoms with Crippen molar-refractivity contribution in [3.05, 3.63) is 0 Å². The van der Waals surface area contributed by atoms with E-state index in [-0.39, 0.29) is 6.10 Å². The Labute approximate surface area is 79.1 Å². The molecular formula is C9H19NOS. The molecule has 1 saturated heterocycles. The first kappa shape index (κ1) is 10.4. The topological polar surface area (TPSA) is 32.3 Å². The lowest BCUT2D eigenvalue weighted by atomic mass is 10.2. The molecule has 2 N–H and O–H groups in total. The van der Waals surface area contributed by atoms with Gasteiger partial charge < -0.3 is 10.4 Å². The summed E-state index contributed by atoms with van der Waals surface area (Å²) in [6.45, 7) is 3.00. The van der Waals surface area contributed by atoms with Gasteiger partial charge in [0, 0.05) is 11.8 Å². The van der Waals surface area contributed by atoms with Crippen LogP contribution in [0.25, 0.3) is 0 Å². The molecule has 1 aliphatic heterocycles. The minimum atomic E-state index is -0.105. The molecule has 0 spiro atoms. The van der Waals surface area contributed by atoms with Gasteiger partial charge in [0.2, 0.25) is 0 Å². The summed E-state index contributed by atoms with van der Waals surface area (Å²) >= 11 is 2.02. The van der Waals surface area contributed by atoms with E-state index >= 15 is 0 Å². The largest absolute Gasteiger partial charge is 0.393 e. The second-order valence-corrected chi connectivity index (χ2v) is 4.52. The average Bonchev–Trinajstić information content (AvgIpc) is 2.57. The highest BCUT2D eigenvalue weighted by atomic mass is 32.2. The lowest BCUT2D eigenvalue weighted by molar-refractivity contribution is 0.159. The second-order valence-electron chi connectivity index (χ2n) is 3.37. The quantitative estimate of drug-likeness (QED) is 0.682. The zero-order valence-corrected chi connectivity index (χ0v) is 8.57. The average molecular weight is 189 g/mol. The van der Waals surface area contributed by atoms with Crippen molar-refractivity contribution in [3.63, 3.8) is 0 Å². The SMILES string of the molecule is CCC(O)CCNC1CCSC1. The highest BCUT2D eigenvalue weighted by Crippen LogP contribution is 2.16. The van der Waals surface area contributed by atoms with Gasteiger partial charge in [-0.15, -0.1) is 0 Å². The van der Waals surface area contributed by atoms with Crippen LogP contribution in [0.4, 0.5) is 0 Å². The second kappa shape index (κ2) is 5.84. The van der Waals surface area contributed by atoms with Crippen LogP contribution in [-0.4, -0.2) is 35.3 Å². The number of aliphatic hydroxyl groups is 1. The smallest absolute Gasteiger partial charge is 0.0549 e. The molecule has 0 amide bonds. The lowest BCUT2D eigenvalue weighted by Crippen LogP contribution is -2.31. The van der Waals surface area contributed by atoms with E-state index in [0.29, 0.717) is 6.04 Å². The monoisotopic (exact) mass is 189 g/mol. The summed E-state index contributed by atoms with van der Waals surface area (Å²) < 4.78 is 0. The highest BCUT2D eigenvalue weighted by Gasteiger charge is 2.14. The van der Waals surface area contributed by atoms with Crippen molar-refractivity contribution in [2.24, 2.45) is 0 Å². The van der Waals surface area contributed by atoms with Gasteiger partial charge in [-0.05, 0) is 31.6 Å². The summed E-state index contributed by atoms with van der Waals surface area (Å²) in [6.07, 6.45) is 2.97. The molecule has 0 aromatic carbocycles. The van der Waals surface area contributed by atoms with Crippen LogP contribution < -0.4 is 5.32 Å². The number of hydrogen-bond acceptors (Lipinski definition) is 3. The summed E-state index contributed by atoms with van der Waals surface area (Å²) in [6, 6.07) is 0.707. The first-order chi connectivity index (χ1) is 5.83. The standard InChI is InChI=1S/C9H19NOS/c1-2-9(11)3-5-10-8-4-6-12-7-8/h8-11H,2-7H2,1H3. The van der Waals surface area contributed by atoms with Gasteiger partial charge in [0.1, 0.15) is 0 Å². The lowest BCUT2D eigenvalue weighted by Gasteiger charge is -2.12. The Bertz CT molecular complexity index is 115. The Balaban J connectivity index is 1.94. The molecule has 0 radical (unpaired) electrons. The normalized spacial score (nSPS) is 26.0. The minimum Gasteiger partial charge on any atom is -0.393 e. The van der Waals surface area contributed by atoms with Crippen molar-refractivity contribution in [3.8, 4) is 0 Å². The van der Waals surface area contributed by atoms with Gasteiger partial charge in [-0.25, -0.2) is 0 Å². The molecule has 1 rings (SSSR count). The van der Waals surface area contributed by atoms with Gasteiger partial charge >= 0.3 is 0 Å². The molecule has 3 heteroatoms. The number of rotatable bonds is 5. The van der Waals surface area contributed by atoms with Gasteiger partial charge in [-0.3, -0.25) is 0 Å². The van der Waals surface area contributed by atoms with Crippen molar-refractivity contribution < 1.29 is 5.11 Å². The predicted molar refractivity (Wildman–Crippen MR) is 54.6 cm³/mol. The van der Waals surface area contributed by atoms with Crippen molar-refractivity contribution in [1.29, 1.82) is 0 Å². The van der Waals surface area contributed by atoms with Crippen LogP contribution in [0.2, 0.25) is 0 Å². The van der Waals surface area contributed by atoms with Crippen molar-refractivity contribution in [1.82, 2.24) is 5.32 Å². The number of nitrogens with one attached hydrogen (secondary N) is 1. The molecule has 0 bridgehead atoms. The summed E-state index contributed by atoms with van der Waals surface area (Å²) in [5.74, 6) is 2.55. The molecule has 2 atom stereocenters. The number of thioether (sulfide) groups is 1. The first-order valence-corrected chi connectivity index (χ1v) is 5.97. The Morgan fingerprint density at radius 3 is 3.08 bits per heavy atom. The summed E-state index contributed by atoms with van der Waals surface area (Å²) in [5, 5.41) is 12.8. The van der Waals surface area contributed by atoms with Gasteiger partial charge in [0.25, 0.3) is 0 Å². The van der Waals surface area contributed by atoms with Crippen molar-refractivity contribution in [2.45, 2.75) is 38.3 Å². The van der Waals surface area contributed by atoms with Gasteiger partial charge in [0.05, 0.1) is 6.10 Å². The zero-order valence-electron chi connectivity index (χ0n) is 7.75. The van der Waals surface area contributed by atoms with E-state index in [2.05, 4.69) is 5.32 Å². The molecular weight excluding hydrogens is 170 g/mol. The van der Waals surface area contributed by atoms with Gasteiger partial charge in [-0.2, -0.15) is 11.8 Å². The minimum absolute atomic E-state index is 0.105. The van der Waals surface area contributed by atoms with Gasteiger partial charge in [-0.1, -0.05) is 6.92 Å². The van der Waals surface area contributed by atoms with E-state index in [4.69, 9.17) is 0 Å². The van der Waals surface area contributed by atoms with E-state index < -0.39 is 0 Å². The molecule has 2 nitrogen and oxygen atoms in total. The van der Waals surface area contributed by atoms with Crippen molar-refractivity contribution in [2.75, 3.05) is 18.1 Å². The molecule has 1 aliphatic rings. The summed E-state index contributed by atoms with van der Waals surface area (Å²) in [5.41, 5.74) is 0.